The highest BCUT2D eigenvalue weighted by Crippen LogP contribution is 2.25. The van der Waals surface area contributed by atoms with Gasteiger partial charge in [0.2, 0.25) is 5.91 Å². The Morgan fingerprint density at radius 1 is 1.22 bits per heavy atom. The molecule has 0 heterocycles. The summed E-state index contributed by atoms with van der Waals surface area (Å²) in [6.45, 7) is 2.15. The van der Waals surface area contributed by atoms with Gasteiger partial charge in [-0.25, -0.2) is 0 Å². The van der Waals surface area contributed by atoms with Crippen molar-refractivity contribution in [3.63, 3.8) is 0 Å². The summed E-state index contributed by atoms with van der Waals surface area (Å²) in [5.41, 5.74) is 1.00. The number of aliphatic carboxylic acids is 1. The Morgan fingerprint density at radius 3 is 2.52 bits per heavy atom. The molecule has 128 valence electrons. The lowest BCUT2D eigenvalue weighted by Crippen LogP contribution is -2.36. The Bertz CT molecular complexity index is 530. The molecule has 23 heavy (non-hydrogen) atoms. The third-order valence-corrected chi connectivity index (χ3v) is 3.50. The van der Waals surface area contributed by atoms with E-state index in [1.54, 1.807) is 14.2 Å². The predicted molar refractivity (Wildman–Crippen MR) is 87.0 cm³/mol. The fraction of sp³-hybridized carbons (Fsp3) is 0.529. The third-order valence-electron chi connectivity index (χ3n) is 3.50. The maximum atomic E-state index is 12.1. The van der Waals surface area contributed by atoms with Crippen molar-refractivity contribution in [1.82, 2.24) is 4.90 Å². The number of amides is 1. The first-order valence-corrected chi connectivity index (χ1v) is 7.72. The van der Waals surface area contributed by atoms with E-state index >= 15 is 0 Å². The average molecular weight is 323 g/mol. The second kappa shape index (κ2) is 9.71. The maximum Gasteiger partial charge on any atom is 0.323 e. The average Bonchev–Trinajstić information content (AvgIpc) is 2.54. The first kappa shape index (κ1) is 18.8. The highest BCUT2D eigenvalue weighted by atomic mass is 16.5. The maximum absolute atomic E-state index is 12.1. The molecule has 0 atom stereocenters. The topological polar surface area (TPSA) is 76.1 Å². The second-order valence-corrected chi connectivity index (χ2v) is 5.24. The number of ether oxygens (including phenoxy) is 2. The van der Waals surface area contributed by atoms with Crippen molar-refractivity contribution in [3.8, 4) is 11.5 Å². The minimum Gasteiger partial charge on any atom is -0.497 e. The van der Waals surface area contributed by atoms with Gasteiger partial charge in [0, 0.05) is 19.0 Å². The van der Waals surface area contributed by atoms with Gasteiger partial charge in [0.25, 0.3) is 0 Å². The zero-order chi connectivity index (χ0) is 17.2. The van der Waals surface area contributed by atoms with Crippen LogP contribution in [0.4, 0.5) is 0 Å². The minimum absolute atomic E-state index is 0.123. The van der Waals surface area contributed by atoms with E-state index in [0.717, 1.165) is 23.5 Å². The summed E-state index contributed by atoms with van der Waals surface area (Å²) in [7, 11) is 3.19. The van der Waals surface area contributed by atoms with E-state index in [1.165, 1.54) is 4.90 Å². The summed E-state index contributed by atoms with van der Waals surface area (Å²) in [6, 6.07) is 5.58. The quantitative estimate of drug-likeness (QED) is 0.715. The predicted octanol–water partition coefficient (Wildman–Crippen LogP) is 2.35. The van der Waals surface area contributed by atoms with Crippen molar-refractivity contribution in [1.29, 1.82) is 0 Å². The fourth-order valence-electron chi connectivity index (χ4n) is 2.37. The first-order chi connectivity index (χ1) is 11.0. The van der Waals surface area contributed by atoms with Crippen molar-refractivity contribution in [2.45, 2.75) is 32.6 Å². The molecule has 6 nitrogen and oxygen atoms in total. The zero-order valence-electron chi connectivity index (χ0n) is 14.0. The SMILES string of the molecule is CCCN(CC(=O)O)C(=O)CCCc1ccc(OC)cc1OC. The van der Waals surface area contributed by atoms with Crippen LogP contribution in [-0.4, -0.2) is 49.2 Å². The number of hydrogen-bond acceptors (Lipinski definition) is 4. The van der Waals surface area contributed by atoms with Crippen molar-refractivity contribution < 1.29 is 24.2 Å². The second-order valence-electron chi connectivity index (χ2n) is 5.24. The van der Waals surface area contributed by atoms with E-state index in [0.29, 0.717) is 25.8 Å². The van der Waals surface area contributed by atoms with Crippen LogP contribution in [-0.2, 0) is 16.0 Å². The summed E-state index contributed by atoms with van der Waals surface area (Å²) in [6.07, 6.45) is 2.39. The molecule has 0 aliphatic carbocycles. The molecular weight excluding hydrogens is 298 g/mol. The molecule has 0 bridgehead atoms. The molecule has 6 heteroatoms. The van der Waals surface area contributed by atoms with Crippen LogP contribution in [0.3, 0.4) is 0 Å². The lowest BCUT2D eigenvalue weighted by atomic mass is 10.1. The molecule has 0 unspecified atom stereocenters. The first-order valence-electron chi connectivity index (χ1n) is 7.72. The zero-order valence-corrected chi connectivity index (χ0v) is 14.0. The molecule has 0 radical (unpaired) electrons. The largest absolute Gasteiger partial charge is 0.497 e. The molecule has 0 saturated carbocycles. The molecular formula is C17H25NO5. The molecule has 0 saturated heterocycles. The van der Waals surface area contributed by atoms with E-state index < -0.39 is 5.97 Å². The van der Waals surface area contributed by atoms with Gasteiger partial charge in [-0.2, -0.15) is 0 Å². The Hall–Kier alpha value is -2.24. The van der Waals surface area contributed by atoms with E-state index in [1.807, 2.05) is 25.1 Å². The van der Waals surface area contributed by atoms with Crippen LogP contribution >= 0.6 is 0 Å². The third kappa shape index (κ3) is 6.18. The number of carboxylic acid groups (broad SMARTS) is 1. The molecule has 1 N–H and O–H groups in total. The summed E-state index contributed by atoms with van der Waals surface area (Å²) >= 11 is 0. The summed E-state index contributed by atoms with van der Waals surface area (Å²) in [5, 5.41) is 8.86. The number of carbonyl (C=O) groups is 2. The number of benzene rings is 1. The standard InChI is InChI=1S/C17H25NO5/c1-4-10-18(12-17(20)21)16(19)7-5-6-13-8-9-14(22-2)11-15(13)23-3/h8-9,11H,4-7,10,12H2,1-3H3,(H,20,21). The van der Waals surface area contributed by atoms with Gasteiger partial charge in [-0.05, 0) is 30.9 Å². The van der Waals surface area contributed by atoms with Crippen molar-refractivity contribution in [2.75, 3.05) is 27.3 Å². The molecule has 0 aromatic heterocycles. The number of carbonyl (C=O) groups excluding carboxylic acids is 1. The van der Waals surface area contributed by atoms with Crippen LogP contribution in [0.25, 0.3) is 0 Å². The molecule has 0 spiro atoms. The van der Waals surface area contributed by atoms with Crippen molar-refractivity contribution >= 4 is 11.9 Å². The van der Waals surface area contributed by atoms with E-state index in [2.05, 4.69) is 0 Å². The smallest absolute Gasteiger partial charge is 0.323 e. The number of nitrogens with zero attached hydrogens (tertiary/aromatic N) is 1. The summed E-state index contributed by atoms with van der Waals surface area (Å²) in [5.74, 6) is 0.343. The van der Waals surface area contributed by atoms with Crippen LogP contribution in [0.5, 0.6) is 11.5 Å². The normalized spacial score (nSPS) is 10.2. The Balaban J connectivity index is 2.58. The fourth-order valence-corrected chi connectivity index (χ4v) is 2.37. The highest BCUT2D eigenvalue weighted by Gasteiger charge is 2.15. The van der Waals surface area contributed by atoms with Crippen LogP contribution in [0, 0.1) is 0 Å². The molecule has 0 aliphatic rings. The molecule has 0 aliphatic heterocycles. The molecule has 1 rings (SSSR count). The molecule has 1 aromatic rings. The van der Waals surface area contributed by atoms with E-state index in [-0.39, 0.29) is 12.5 Å². The number of rotatable bonds is 10. The lowest BCUT2D eigenvalue weighted by Gasteiger charge is -2.20. The number of carboxylic acids is 1. The Morgan fingerprint density at radius 2 is 1.96 bits per heavy atom. The van der Waals surface area contributed by atoms with Gasteiger partial charge in [-0.1, -0.05) is 13.0 Å². The lowest BCUT2D eigenvalue weighted by molar-refractivity contribution is -0.144. The van der Waals surface area contributed by atoms with Crippen LogP contribution < -0.4 is 9.47 Å². The van der Waals surface area contributed by atoms with Crippen molar-refractivity contribution in [3.05, 3.63) is 23.8 Å². The molecule has 1 aromatic carbocycles. The number of hydrogen-bond donors (Lipinski definition) is 1. The van der Waals surface area contributed by atoms with Crippen LogP contribution in [0.1, 0.15) is 31.7 Å². The van der Waals surface area contributed by atoms with Gasteiger partial charge < -0.3 is 19.5 Å². The van der Waals surface area contributed by atoms with E-state index in [4.69, 9.17) is 14.6 Å². The van der Waals surface area contributed by atoms with Gasteiger partial charge in [-0.3, -0.25) is 9.59 Å². The van der Waals surface area contributed by atoms with Crippen LogP contribution in [0.15, 0.2) is 18.2 Å². The van der Waals surface area contributed by atoms with Gasteiger partial charge in [0.1, 0.15) is 18.0 Å². The summed E-state index contributed by atoms with van der Waals surface area (Å²) < 4.78 is 10.5. The van der Waals surface area contributed by atoms with Crippen LogP contribution in [0.2, 0.25) is 0 Å². The molecule has 0 fully saturated rings. The van der Waals surface area contributed by atoms with Gasteiger partial charge in [-0.15, -0.1) is 0 Å². The highest BCUT2D eigenvalue weighted by molar-refractivity contribution is 5.81. The number of aryl methyl sites for hydroxylation is 1. The molecule has 1 amide bonds. The number of methoxy groups -OCH3 is 2. The Labute approximate surface area is 137 Å². The van der Waals surface area contributed by atoms with Gasteiger partial charge in [0.05, 0.1) is 14.2 Å². The van der Waals surface area contributed by atoms with Crippen molar-refractivity contribution in [2.24, 2.45) is 0 Å². The van der Waals surface area contributed by atoms with E-state index in [9.17, 15) is 9.59 Å². The van der Waals surface area contributed by atoms with Gasteiger partial charge in [0.15, 0.2) is 0 Å². The van der Waals surface area contributed by atoms with Gasteiger partial charge >= 0.3 is 5.97 Å². The minimum atomic E-state index is -0.983. The monoisotopic (exact) mass is 323 g/mol. The summed E-state index contributed by atoms with van der Waals surface area (Å²) in [4.78, 5) is 24.3. The Kier molecular flexibility index (Phi) is 7.94.